The molecule has 1 atom stereocenters. The van der Waals surface area contributed by atoms with Crippen LogP contribution in [0.5, 0.6) is 0 Å². The van der Waals surface area contributed by atoms with Crippen LogP contribution in [0.1, 0.15) is 48.5 Å². The number of aliphatic hydroxyl groups excluding tert-OH is 1. The van der Waals surface area contributed by atoms with Crippen LogP contribution in [0, 0.1) is 17.6 Å². The lowest BCUT2D eigenvalue weighted by Gasteiger charge is -2.33. The van der Waals surface area contributed by atoms with Gasteiger partial charge < -0.3 is 14.7 Å². The predicted octanol–water partition coefficient (Wildman–Crippen LogP) is 6.17. The second-order valence-corrected chi connectivity index (χ2v) is 9.56. The minimum atomic E-state index is -0.351. The van der Waals surface area contributed by atoms with Crippen molar-refractivity contribution in [2.45, 2.75) is 44.3 Å². The molecule has 0 amide bonds. The predicted molar refractivity (Wildman–Crippen MR) is 135 cm³/mol. The van der Waals surface area contributed by atoms with Gasteiger partial charge in [0.15, 0.2) is 0 Å². The Bertz CT molecular complexity index is 957. The van der Waals surface area contributed by atoms with Gasteiger partial charge in [-0.1, -0.05) is 54.6 Å². The van der Waals surface area contributed by atoms with Crippen molar-refractivity contribution < 1.29 is 18.6 Å². The van der Waals surface area contributed by atoms with E-state index < -0.39 is 0 Å². The summed E-state index contributed by atoms with van der Waals surface area (Å²) in [6, 6.07) is 22.9. The van der Waals surface area contributed by atoms with Crippen molar-refractivity contribution in [2.24, 2.45) is 5.92 Å². The Morgan fingerprint density at radius 2 is 1.40 bits per heavy atom. The molecule has 5 heteroatoms. The molecule has 0 bridgehead atoms. The third kappa shape index (κ3) is 7.96. The van der Waals surface area contributed by atoms with E-state index in [1.807, 2.05) is 18.2 Å². The van der Waals surface area contributed by atoms with E-state index in [0.29, 0.717) is 12.5 Å². The number of benzene rings is 3. The van der Waals surface area contributed by atoms with Gasteiger partial charge in [0.05, 0.1) is 6.10 Å². The smallest absolute Gasteiger partial charge is 0.123 e. The first kappa shape index (κ1) is 25.5. The van der Waals surface area contributed by atoms with Crippen LogP contribution in [-0.2, 0) is 11.2 Å². The van der Waals surface area contributed by atoms with Crippen LogP contribution < -0.4 is 0 Å². The van der Waals surface area contributed by atoms with Crippen molar-refractivity contribution in [3.63, 3.8) is 0 Å². The van der Waals surface area contributed by atoms with Gasteiger partial charge in [-0.25, -0.2) is 8.78 Å². The SMILES string of the molecule is O[C@H](CCc1ccccc1)CN1CCC(CCOC(c2ccc(F)cc2)c2ccc(F)cc2)CC1. The average Bonchev–Trinajstić information content (AvgIpc) is 2.88. The van der Waals surface area contributed by atoms with Crippen molar-refractivity contribution >= 4 is 0 Å². The highest BCUT2D eigenvalue weighted by Gasteiger charge is 2.22. The van der Waals surface area contributed by atoms with Crippen LogP contribution in [0.2, 0.25) is 0 Å². The van der Waals surface area contributed by atoms with Gasteiger partial charge in [0.25, 0.3) is 0 Å². The quantitative estimate of drug-likeness (QED) is 0.357. The number of hydrogen-bond acceptors (Lipinski definition) is 3. The Labute approximate surface area is 207 Å². The zero-order valence-electron chi connectivity index (χ0n) is 20.2. The number of rotatable bonds is 11. The van der Waals surface area contributed by atoms with Gasteiger partial charge in [-0.3, -0.25) is 0 Å². The average molecular weight is 480 g/mol. The summed E-state index contributed by atoms with van der Waals surface area (Å²) in [4.78, 5) is 2.37. The molecule has 3 aromatic carbocycles. The number of ether oxygens (including phenoxy) is 1. The molecule has 0 unspecified atom stereocenters. The summed E-state index contributed by atoms with van der Waals surface area (Å²) in [6.45, 7) is 3.30. The Balaban J connectivity index is 1.21. The van der Waals surface area contributed by atoms with Crippen molar-refractivity contribution in [3.8, 4) is 0 Å². The van der Waals surface area contributed by atoms with Crippen LogP contribution in [-0.4, -0.2) is 42.4 Å². The van der Waals surface area contributed by atoms with E-state index in [1.54, 1.807) is 24.3 Å². The molecule has 1 heterocycles. The maximum Gasteiger partial charge on any atom is 0.123 e. The van der Waals surface area contributed by atoms with Crippen LogP contribution in [0.25, 0.3) is 0 Å². The molecule has 3 nitrogen and oxygen atoms in total. The number of likely N-dealkylation sites (tertiary alicyclic amines) is 1. The fraction of sp³-hybridized carbons (Fsp3) is 0.400. The highest BCUT2D eigenvalue weighted by atomic mass is 19.1. The number of piperidine rings is 1. The van der Waals surface area contributed by atoms with Crippen LogP contribution in [0.4, 0.5) is 8.78 Å². The molecular weight excluding hydrogens is 444 g/mol. The van der Waals surface area contributed by atoms with E-state index in [1.165, 1.54) is 29.8 Å². The van der Waals surface area contributed by atoms with E-state index in [4.69, 9.17) is 4.74 Å². The normalized spacial score (nSPS) is 16.0. The van der Waals surface area contributed by atoms with Crippen molar-refractivity contribution in [1.29, 1.82) is 0 Å². The second-order valence-electron chi connectivity index (χ2n) is 9.56. The minimum Gasteiger partial charge on any atom is -0.392 e. The molecule has 1 N–H and O–H groups in total. The van der Waals surface area contributed by atoms with Gasteiger partial charge in [-0.15, -0.1) is 0 Å². The standard InChI is InChI=1S/C30H35F2NO2/c31-27-11-7-25(8-12-27)30(26-9-13-28(32)14-10-26)35-21-18-24-16-19-33(20-17-24)22-29(34)15-6-23-4-2-1-3-5-23/h1-5,7-14,24,29-30,34H,6,15-22H2/t29-/m1/s1. The monoisotopic (exact) mass is 479 g/mol. The van der Waals surface area contributed by atoms with Crippen molar-refractivity contribution in [3.05, 3.63) is 107 Å². The Hall–Kier alpha value is -2.60. The van der Waals surface area contributed by atoms with Gasteiger partial charge in [0, 0.05) is 13.2 Å². The molecule has 0 aromatic heterocycles. The second kappa shape index (κ2) is 12.9. The number of nitrogens with zero attached hydrogens (tertiary/aromatic N) is 1. The summed E-state index contributed by atoms with van der Waals surface area (Å²) in [5.74, 6) is 0.00176. The Morgan fingerprint density at radius 3 is 1.97 bits per heavy atom. The maximum absolute atomic E-state index is 13.4. The van der Waals surface area contributed by atoms with E-state index in [-0.39, 0.29) is 23.8 Å². The summed E-state index contributed by atoms with van der Waals surface area (Å²) in [5.41, 5.74) is 2.99. The van der Waals surface area contributed by atoms with E-state index in [2.05, 4.69) is 17.0 Å². The minimum absolute atomic E-state index is 0.288. The molecule has 35 heavy (non-hydrogen) atoms. The summed E-state index contributed by atoms with van der Waals surface area (Å²) in [5, 5.41) is 10.5. The highest BCUT2D eigenvalue weighted by Crippen LogP contribution is 2.28. The lowest BCUT2D eigenvalue weighted by molar-refractivity contribution is 0.0512. The molecule has 0 radical (unpaired) electrons. The van der Waals surface area contributed by atoms with Crippen LogP contribution in [0.15, 0.2) is 78.9 Å². The third-order valence-corrected chi connectivity index (χ3v) is 6.94. The van der Waals surface area contributed by atoms with E-state index in [9.17, 15) is 13.9 Å². The molecule has 0 aliphatic carbocycles. The van der Waals surface area contributed by atoms with Gasteiger partial charge >= 0.3 is 0 Å². The number of aryl methyl sites for hydroxylation is 1. The van der Waals surface area contributed by atoms with E-state index >= 15 is 0 Å². The summed E-state index contributed by atoms with van der Waals surface area (Å²) in [6.07, 6.45) is 4.16. The largest absolute Gasteiger partial charge is 0.392 e. The summed E-state index contributed by atoms with van der Waals surface area (Å²) < 4.78 is 33.1. The first-order chi connectivity index (χ1) is 17.1. The maximum atomic E-state index is 13.4. The molecule has 1 aliphatic heterocycles. The molecular formula is C30H35F2NO2. The lowest BCUT2D eigenvalue weighted by Crippen LogP contribution is -2.39. The number of aliphatic hydroxyl groups is 1. The molecule has 0 saturated carbocycles. The number of β-amino-alcohol motifs (C(OH)–C–C–N with tert-alkyl or cyclic N) is 1. The van der Waals surface area contributed by atoms with Gasteiger partial charge in [-0.2, -0.15) is 0 Å². The Morgan fingerprint density at radius 1 is 0.829 bits per heavy atom. The first-order valence-corrected chi connectivity index (χ1v) is 12.6. The van der Waals surface area contributed by atoms with Crippen LogP contribution >= 0.6 is 0 Å². The fourth-order valence-corrected chi connectivity index (χ4v) is 4.84. The molecule has 3 aromatic rings. The summed E-state index contributed by atoms with van der Waals surface area (Å²) >= 11 is 0. The molecule has 186 valence electrons. The zero-order valence-corrected chi connectivity index (χ0v) is 20.2. The van der Waals surface area contributed by atoms with Crippen molar-refractivity contribution in [1.82, 2.24) is 4.90 Å². The molecule has 0 spiro atoms. The van der Waals surface area contributed by atoms with Gasteiger partial charge in [0.2, 0.25) is 0 Å². The highest BCUT2D eigenvalue weighted by molar-refractivity contribution is 5.30. The lowest BCUT2D eigenvalue weighted by atomic mass is 9.93. The topological polar surface area (TPSA) is 32.7 Å². The van der Waals surface area contributed by atoms with E-state index in [0.717, 1.165) is 62.9 Å². The Kier molecular flexibility index (Phi) is 9.41. The van der Waals surface area contributed by atoms with Crippen molar-refractivity contribution in [2.75, 3.05) is 26.2 Å². The van der Waals surface area contributed by atoms with Gasteiger partial charge in [-0.05, 0) is 92.1 Å². The summed E-state index contributed by atoms with van der Waals surface area (Å²) in [7, 11) is 0. The zero-order chi connectivity index (χ0) is 24.5. The molecule has 4 rings (SSSR count). The molecule has 1 saturated heterocycles. The molecule has 1 fully saturated rings. The van der Waals surface area contributed by atoms with Crippen LogP contribution in [0.3, 0.4) is 0 Å². The fourth-order valence-electron chi connectivity index (χ4n) is 4.84. The number of halogens is 2. The number of hydrogen-bond donors (Lipinski definition) is 1. The van der Waals surface area contributed by atoms with Gasteiger partial charge in [0.1, 0.15) is 17.7 Å². The third-order valence-electron chi connectivity index (χ3n) is 6.94. The molecule has 1 aliphatic rings. The first-order valence-electron chi connectivity index (χ1n) is 12.6.